The van der Waals surface area contributed by atoms with Crippen LogP contribution in [0.4, 0.5) is 5.69 Å². The van der Waals surface area contributed by atoms with Crippen LogP contribution in [0.2, 0.25) is 5.02 Å². The summed E-state index contributed by atoms with van der Waals surface area (Å²) in [4.78, 5) is 12.8. The average Bonchev–Trinajstić information content (AvgIpc) is 2.68. The van der Waals surface area contributed by atoms with Crippen molar-refractivity contribution in [3.05, 3.63) is 88.9 Å². The first-order valence-electron chi connectivity index (χ1n) is 8.08. The fourth-order valence-electron chi connectivity index (χ4n) is 2.48. The Bertz CT molecular complexity index is 897. The maximum Gasteiger partial charge on any atom is 0.259 e. The van der Waals surface area contributed by atoms with Gasteiger partial charge in [0.2, 0.25) is 0 Å². The first-order valence-corrected chi connectivity index (χ1v) is 8.46. The van der Waals surface area contributed by atoms with Crippen LogP contribution in [-0.4, -0.2) is 13.0 Å². The summed E-state index contributed by atoms with van der Waals surface area (Å²) >= 11 is 6.08. The molecule has 3 aromatic carbocycles. The van der Waals surface area contributed by atoms with E-state index in [0.29, 0.717) is 34.4 Å². The summed E-state index contributed by atoms with van der Waals surface area (Å²) in [7, 11) is 1.55. The number of rotatable bonds is 6. The molecule has 0 saturated heterocycles. The molecule has 3 rings (SSSR count). The number of benzene rings is 3. The van der Waals surface area contributed by atoms with Crippen LogP contribution >= 0.6 is 11.6 Å². The summed E-state index contributed by atoms with van der Waals surface area (Å²) in [6.45, 7) is 0.359. The van der Waals surface area contributed by atoms with Crippen LogP contribution in [0.25, 0.3) is 0 Å². The molecule has 0 saturated carbocycles. The van der Waals surface area contributed by atoms with Crippen molar-refractivity contribution in [2.75, 3.05) is 12.4 Å². The number of amides is 1. The van der Waals surface area contributed by atoms with Crippen LogP contribution in [0.3, 0.4) is 0 Å². The highest BCUT2D eigenvalue weighted by Crippen LogP contribution is 2.28. The number of para-hydroxylation sites is 2. The molecule has 0 unspecified atom stereocenters. The summed E-state index contributed by atoms with van der Waals surface area (Å²) < 4.78 is 11.1. The number of methoxy groups -OCH3 is 1. The average molecular weight is 368 g/mol. The molecule has 26 heavy (non-hydrogen) atoms. The quantitative estimate of drug-likeness (QED) is 0.653. The lowest BCUT2D eigenvalue weighted by Crippen LogP contribution is -2.14. The maximum absolute atomic E-state index is 12.8. The van der Waals surface area contributed by atoms with Crippen molar-refractivity contribution < 1.29 is 14.3 Å². The smallest absolute Gasteiger partial charge is 0.259 e. The summed E-state index contributed by atoms with van der Waals surface area (Å²) in [5, 5.41) is 3.30. The molecular formula is C21H18ClNO3. The summed E-state index contributed by atoms with van der Waals surface area (Å²) in [5.74, 6) is 0.723. The van der Waals surface area contributed by atoms with E-state index in [2.05, 4.69) is 5.32 Å². The molecule has 1 N–H and O–H groups in total. The van der Waals surface area contributed by atoms with E-state index >= 15 is 0 Å². The highest BCUT2D eigenvalue weighted by molar-refractivity contribution is 6.31. The van der Waals surface area contributed by atoms with Gasteiger partial charge in [-0.05, 0) is 35.9 Å². The number of carbonyl (C=O) groups is 1. The molecule has 0 aromatic heterocycles. The third-order valence-corrected chi connectivity index (χ3v) is 4.01. The molecule has 0 aliphatic heterocycles. The molecule has 0 aliphatic carbocycles. The molecule has 3 aromatic rings. The van der Waals surface area contributed by atoms with Crippen LogP contribution in [0.5, 0.6) is 11.5 Å². The zero-order valence-corrected chi connectivity index (χ0v) is 15.0. The van der Waals surface area contributed by atoms with Gasteiger partial charge in [-0.1, -0.05) is 54.1 Å². The Morgan fingerprint density at radius 1 is 0.962 bits per heavy atom. The van der Waals surface area contributed by atoms with Crippen molar-refractivity contribution in [1.82, 2.24) is 0 Å². The van der Waals surface area contributed by atoms with Gasteiger partial charge in [0.05, 0.1) is 18.4 Å². The van der Waals surface area contributed by atoms with Crippen LogP contribution in [-0.2, 0) is 6.61 Å². The zero-order valence-electron chi connectivity index (χ0n) is 14.2. The Hall–Kier alpha value is -2.98. The fourth-order valence-corrected chi connectivity index (χ4v) is 2.65. The number of hydrogen-bond donors (Lipinski definition) is 1. The molecule has 5 heteroatoms. The van der Waals surface area contributed by atoms with E-state index in [9.17, 15) is 4.79 Å². The third-order valence-electron chi connectivity index (χ3n) is 3.78. The van der Waals surface area contributed by atoms with E-state index in [4.69, 9.17) is 21.1 Å². The van der Waals surface area contributed by atoms with Crippen LogP contribution in [0, 0.1) is 0 Å². The molecule has 0 atom stereocenters. The lowest BCUT2D eigenvalue weighted by molar-refractivity contribution is 0.102. The van der Waals surface area contributed by atoms with Gasteiger partial charge in [-0.3, -0.25) is 4.79 Å². The van der Waals surface area contributed by atoms with Crippen molar-refractivity contribution in [3.8, 4) is 11.5 Å². The SMILES string of the molecule is COc1ccccc1NC(=O)c1cc(Cl)ccc1OCc1ccccc1. The van der Waals surface area contributed by atoms with Crippen LogP contribution < -0.4 is 14.8 Å². The Morgan fingerprint density at radius 3 is 2.46 bits per heavy atom. The van der Waals surface area contributed by atoms with Crippen molar-refractivity contribution in [3.63, 3.8) is 0 Å². The predicted octanol–water partition coefficient (Wildman–Crippen LogP) is 5.18. The topological polar surface area (TPSA) is 47.6 Å². The number of halogens is 1. The molecule has 0 bridgehead atoms. The zero-order chi connectivity index (χ0) is 18.4. The van der Waals surface area contributed by atoms with E-state index in [1.165, 1.54) is 0 Å². The Morgan fingerprint density at radius 2 is 1.69 bits per heavy atom. The van der Waals surface area contributed by atoms with Gasteiger partial charge in [-0.15, -0.1) is 0 Å². The summed E-state index contributed by atoms with van der Waals surface area (Å²) in [6, 6.07) is 21.9. The van der Waals surface area contributed by atoms with Gasteiger partial charge < -0.3 is 14.8 Å². The van der Waals surface area contributed by atoms with Crippen molar-refractivity contribution >= 4 is 23.2 Å². The van der Waals surface area contributed by atoms with E-state index in [1.807, 2.05) is 42.5 Å². The molecule has 0 fully saturated rings. The normalized spacial score (nSPS) is 10.2. The maximum atomic E-state index is 12.8. The van der Waals surface area contributed by atoms with Crippen molar-refractivity contribution in [2.45, 2.75) is 6.61 Å². The minimum Gasteiger partial charge on any atom is -0.495 e. The lowest BCUT2D eigenvalue weighted by atomic mass is 10.1. The molecule has 4 nitrogen and oxygen atoms in total. The third kappa shape index (κ3) is 4.35. The second kappa shape index (κ2) is 8.41. The molecule has 0 heterocycles. The van der Waals surface area contributed by atoms with Gasteiger partial charge in [0.15, 0.2) is 0 Å². The minimum absolute atomic E-state index is 0.319. The van der Waals surface area contributed by atoms with E-state index in [1.54, 1.807) is 37.4 Å². The van der Waals surface area contributed by atoms with Gasteiger partial charge in [-0.2, -0.15) is 0 Å². The Balaban J connectivity index is 1.81. The fraction of sp³-hybridized carbons (Fsp3) is 0.0952. The number of hydrogen-bond acceptors (Lipinski definition) is 3. The first kappa shape index (κ1) is 17.8. The van der Waals surface area contributed by atoms with Gasteiger partial charge in [0.1, 0.15) is 18.1 Å². The van der Waals surface area contributed by atoms with Gasteiger partial charge >= 0.3 is 0 Å². The molecule has 0 radical (unpaired) electrons. The lowest BCUT2D eigenvalue weighted by Gasteiger charge is -2.14. The second-order valence-electron chi connectivity index (χ2n) is 5.57. The standard InChI is InChI=1S/C21H18ClNO3/c1-25-20-10-6-5-9-18(20)23-21(24)17-13-16(22)11-12-19(17)26-14-15-7-3-2-4-8-15/h2-13H,14H2,1H3,(H,23,24). The Kier molecular flexibility index (Phi) is 5.77. The Labute approximate surface area is 157 Å². The van der Waals surface area contributed by atoms with Gasteiger partial charge in [0.25, 0.3) is 5.91 Å². The highest BCUT2D eigenvalue weighted by atomic mass is 35.5. The summed E-state index contributed by atoms with van der Waals surface area (Å²) in [6.07, 6.45) is 0. The number of ether oxygens (including phenoxy) is 2. The second-order valence-corrected chi connectivity index (χ2v) is 6.01. The van der Waals surface area contributed by atoms with Crippen molar-refractivity contribution in [2.24, 2.45) is 0 Å². The van der Waals surface area contributed by atoms with E-state index in [-0.39, 0.29) is 5.91 Å². The van der Waals surface area contributed by atoms with Gasteiger partial charge in [0, 0.05) is 5.02 Å². The van der Waals surface area contributed by atoms with Crippen LogP contribution in [0.1, 0.15) is 15.9 Å². The largest absolute Gasteiger partial charge is 0.495 e. The molecule has 1 amide bonds. The van der Waals surface area contributed by atoms with Gasteiger partial charge in [-0.25, -0.2) is 0 Å². The number of nitrogens with one attached hydrogen (secondary N) is 1. The molecule has 0 aliphatic rings. The highest BCUT2D eigenvalue weighted by Gasteiger charge is 2.15. The van der Waals surface area contributed by atoms with E-state index in [0.717, 1.165) is 5.56 Å². The monoisotopic (exact) mass is 367 g/mol. The molecule has 132 valence electrons. The predicted molar refractivity (Wildman–Crippen MR) is 103 cm³/mol. The molecule has 0 spiro atoms. The minimum atomic E-state index is -0.319. The number of carbonyl (C=O) groups excluding carboxylic acids is 1. The summed E-state index contributed by atoms with van der Waals surface area (Å²) in [5.41, 5.74) is 1.95. The van der Waals surface area contributed by atoms with E-state index < -0.39 is 0 Å². The molecular weight excluding hydrogens is 350 g/mol. The number of anilines is 1. The first-order chi connectivity index (χ1) is 12.7. The van der Waals surface area contributed by atoms with Crippen LogP contribution in [0.15, 0.2) is 72.8 Å². The van der Waals surface area contributed by atoms with Crippen molar-refractivity contribution in [1.29, 1.82) is 0 Å².